The summed E-state index contributed by atoms with van der Waals surface area (Å²) >= 11 is 3.36. The van der Waals surface area contributed by atoms with Gasteiger partial charge in [-0.15, -0.1) is 0 Å². The maximum Gasteiger partial charge on any atom is 0.233 e. The summed E-state index contributed by atoms with van der Waals surface area (Å²) < 4.78 is 14.4. The van der Waals surface area contributed by atoms with Gasteiger partial charge < -0.3 is 10.0 Å². The first kappa shape index (κ1) is 13.9. The van der Waals surface area contributed by atoms with E-state index in [1.165, 1.54) is 4.90 Å². The molecule has 0 radical (unpaired) electrons. The van der Waals surface area contributed by atoms with Gasteiger partial charge in [-0.2, -0.15) is 0 Å². The van der Waals surface area contributed by atoms with E-state index in [1.807, 2.05) is 6.07 Å². The summed E-state index contributed by atoms with van der Waals surface area (Å²) in [5, 5.41) is 9.32. The maximum atomic E-state index is 13.5. The molecule has 0 unspecified atom stereocenters. The molecular formula is C14H16BrFN2O2. The zero-order valence-corrected chi connectivity index (χ0v) is 12.5. The van der Waals surface area contributed by atoms with E-state index < -0.39 is 17.6 Å². The molecule has 1 saturated carbocycles. The van der Waals surface area contributed by atoms with Crippen LogP contribution in [0.15, 0.2) is 22.9 Å². The van der Waals surface area contributed by atoms with Gasteiger partial charge in [0, 0.05) is 23.3 Å². The molecule has 1 aromatic rings. The van der Waals surface area contributed by atoms with Crippen LogP contribution >= 0.6 is 15.9 Å². The summed E-state index contributed by atoms with van der Waals surface area (Å²) in [4.78, 5) is 18.4. The van der Waals surface area contributed by atoms with E-state index in [2.05, 4.69) is 20.9 Å². The highest BCUT2D eigenvalue weighted by molar-refractivity contribution is 9.10. The largest absolute Gasteiger partial charge is 0.394 e. The van der Waals surface area contributed by atoms with Gasteiger partial charge in [0.25, 0.3) is 0 Å². The average molecular weight is 343 g/mol. The van der Waals surface area contributed by atoms with Crippen LogP contribution in [0.4, 0.5) is 4.39 Å². The Hall–Kier alpha value is -1.01. The molecule has 1 aromatic heterocycles. The van der Waals surface area contributed by atoms with Crippen molar-refractivity contribution in [3.05, 3.63) is 28.5 Å². The molecule has 2 aliphatic rings. The second-order valence-electron chi connectivity index (χ2n) is 5.60. The van der Waals surface area contributed by atoms with Crippen molar-refractivity contribution < 1.29 is 14.3 Å². The number of carbonyl (C=O) groups is 1. The summed E-state index contributed by atoms with van der Waals surface area (Å²) in [6, 6.07) is 1.50. The fourth-order valence-corrected chi connectivity index (χ4v) is 3.35. The minimum atomic E-state index is -1.03. The van der Waals surface area contributed by atoms with Gasteiger partial charge in [0.15, 0.2) is 0 Å². The van der Waals surface area contributed by atoms with Gasteiger partial charge >= 0.3 is 0 Å². The lowest BCUT2D eigenvalue weighted by molar-refractivity contribution is -0.135. The zero-order chi connectivity index (χ0) is 14.3. The number of hydrogen-bond donors (Lipinski definition) is 1. The maximum absolute atomic E-state index is 13.5. The number of alkyl halides is 1. The molecule has 1 aliphatic carbocycles. The second kappa shape index (κ2) is 5.07. The van der Waals surface area contributed by atoms with Gasteiger partial charge in [0.05, 0.1) is 24.6 Å². The van der Waals surface area contributed by atoms with Crippen molar-refractivity contribution in [1.82, 2.24) is 9.88 Å². The predicted octanol–water partition coefficient (Wildman–Crippen LogP) is 1.81. The van der Waals surface area contributed by atoms with Crippen LogP contribution in [-0.4, -0.2) is 46.3 Å². The molecule has 4 nitrogen and oxygen atoms in total. The van der Waals surface area contributed by atoms with Gasteiger partial charge in [0.1, 0.15) is 6.17 Å². The number of pyridine rings is 1. The summed E-state index contributed by atoms with van der Waals surface area (Å²) in [5.74, 6) is -0.0726. The predicted molar refractivity (Wildman–Crippen MR) is 74.9 cm³/mol. The Bertz CT molecular complexity index is 536. The number of nitrogens with zero attached hydrogens (tertiary/aromatic N) is 2. The van der Waals surface area contributed by atoms with E-state index in [0.717, 1.165) is 22.9 Å². The van der Waals surface area contributed by atoms with Crippen molar-refractivity contribution in [3.63, 3.8) is 0 Å². The third kappa shape index (κ3) is 2.24. The zero-order valence-electron chi connectivity index (χ0n) is 10.9. The molecule has 20 heavy (non-hydrogen) atoms. The van der Waals surface area contributed by atoms with Crippen molar-refractivity contribution in [2.24, 2.45) is 0 Å². The van der Waals surface area contributed by atoms with Crippen molar-refractivity contribution in [3.8, 4) is 0 Å². The van der Waals surface area contributed by atoms with Crippen LogP contribution in [0.5, 0.6) is 0 Å². The highest BCUT2D eigenvalue weighted by atomic mass is 79.9. The molecule has 0 spiro atoms. The lowest BCUT2D eigenvalue weighted by atomic mass is 9.95. The standard InChI is InChI=1S/C14H16BrFN2O2/c15-10-3-9(5-17-6-10)14(1-2-14)13(20)18-7-11(16)4-12(18)8-19/h3,5-6,11-12,19H,1-2,4,7-8H2/t11-,12-/m0/s1. The number of likely N-dealkylation sites (tertiary alicyclic amines) is 1. The van der Waals surface area contributed by atoms with Gasteiger partial charge in [-0.3, -0.25) is 9.78 Å². The van der Waals surface area contributed by atoms with Crippen molar-refractivity contribution >= 4 is 21.8 Å². The van der Waals surface area contributed by atoms with E-state index in [0.29, 0.717) is 0 Å². The summed E-state index contributed by atoms with van der Waals surface area (Å²) in [6.07, 6.45) is 4.09. The normalized spacial score (nSPS) is 27.6. The van der Waals surface area contributed by atoms with Crippen LogP contribution < -0.4 is 0 Å². The number of aliphatic hydroxyl groups excluding tert-OH is 1. The highest BCUT2D eigenvalue weighted by Gasteiger charge is 2.55. The number of hydrogen-bond acceptors (Lipinski definition) is 3. The average Bonchev–Trinajstić information content (AvgIpc) is 3.16. The van der Waals surface area contributed by atoms with E-state index in [-0.39, 0.29) is 25.5 Å². The lowest BCUT2D eigenvalue weighted by Gasteiger charge is -2.27. The van der Waals surface area contributed by atoms with E-state index in [1.54, 1.807) is 12.4 Å². The van der Waals surface area contributed by atoms with E-state index in [4.69, 9.17) is 0 Å². The third-order valence-electron chi connectivity index (χ3n) is 4.25. The molecule has 0 bridgehead atoms. The quantitative estimate of drug-likeness (QED) is 0.911. The summed E-state index contributed by atoms with van der Waals surface area (Å²) in [6.45, 7) is -0.0911. The third-order valence-corrected chi connectivity index (χ3v) is 4.69. The molecule has 1 aliphatic heterocycles. The second-order valence-corrected chi connectivity index (χ2v) is 6.52. The van der Waals surface area contributed by atoms with Gasteiger partial charge in [-0.25, -0.2) is 4.39 Å². The first-order valence-electron chi connectivity index (χ1n) is 6.74. The SMILES string of the molecule is O=C(N1C[C@@H](F)C[C@H]1CO)C1(c2cncc(Br)c2)CC1. The Balaban J connectivity index is 1.87. The molecule has 1 N–H and O–H groups in total. The Kier molecular flexibility index (Phi) is 3.54. The van der Waals surface area contributed by atoms with Crippen LogP contribution in [0.2, 0.25) is 0 Å². The molecule has 2 atom stereocenters. The lowest BCUT2D eigenvalue weighted by Crippen LogP contribution is -2.44. The number of rotatable bonds is 3. The van der Waals surface area contributed by atoms with E-state index >= 15 is 0 Å². The minimum Gasteiger partial charge on any atom is -0.394 e. The molecule has 108 valence electrons. The van der Waals surface area contributed by atoms with Crippen molar-refractivity contribution in [2.45, 2.75) is 36.9 Å². The Morgan fingerprint density at radius 3 is 2.90 bits per heavy atom. The summed E-state index contributed by atoms with van der Waals surface area (Å²) in [5.41, 5.74) is 0.310. The van der Waals surface area contributed by atoms with E-state index in [9.17, 15) is 14.3 Å². The number of aromatic nitrogens is 1. The Morgan fingerprint density at radius 2 is 2.30 bits per heavy atom. The fraction of sp³-hybridized carbons (Fsp3) is 0.571. The van der Waals surface area contributed by atoms with Gasteiger partial charge in [-0.1, -0.05) is 0 Å². The van der Waals surface area contributed by atoms with Gasteiger partial charge in [-0.05, 0) is 40.4 Å². The number of carbonyl (C=O) groups excluding carboxylic acids is 1. The molecule has 2 heterocycles. The monoisotopic (exact) mass is 342 g/mol. The summed E-state index contributed by atoms with van der Waals surface area (Å²) in [7, 11) is 0. The van der Waals surface area contributed by atoms with Crippen molar-refractivity contribution in [1.29, 1.82) is 0 Å². The molecule has 6 heteroatoms. The molecular weight excluding hydrogens is 327 g/mol. The fourth-order valence-electron chi connectivity index (χ4n) is 2.98. The minimum absolute atomic E-state index is 0.0726. The first-order chi connectivity index (χ1) is 9.56. The van der Waals surface area contributed by atoms with Crippen LogP contribution in [-0.2, 0) is 10.2 Å². The molecule has 1 amide bonds. The van der Waals surface area contributed by atoms with Gasteiger partial charge in [0.2, 0.25) is 5.91 Å². The van der Waals surface area contributed by atoms with Crippen molar-refractivity contribution in [2.75, 3.05) is 13.2 Å². The Labute approximate surface area is 125 Å². The first-order valence-corrected chi connectivity index (χ1v) is 7.53. The molecule has 1 saturated heterocycles. The molecule has 2 fully saturated rings. The van der Waals surface area contributed by atoms with Crippen LogP contribution in [0.3, 0.4) is 0 Å². The number of amides is 1. The van der Waals surface area contributed by atoms with Crippen LogP contribution in [0, 0.1) is 0 Å². The topological polar surface area (TPSA) is 53.4 Å². The number of aliphatic hydroxyl groups is 1. The number of halogens is 2. The smallest absolute Gasteiger partial charge is 0.233 e. The Morgan fingerprint density at radius 1 is 1.55 bits per heavy atom. The van der Waals surface area contributed by atoms with Crippen LogP contribution in [0.25, 0.3) is 0 Å². The molecule has 3 rings (SSSR count). The highest BCUT2D eigenvalue weighted by Crippen LogP contribution is 2.50. The van der Waals surface area contributed by atoms with Crippen LogP contribution in [0.1, 0.15) is 24.8 Å². The molecule has 0 aromatic carbocycles.